The first-order chi connectivity index (χ1) is 10.1. The van der Waals surface area contributed by atoms with Crippen LogP contribution in [0.4, 0.5) is 11.4 Å². The number of nitrogen functional groups attached to an aromatic ring is 1. The highest BCUT2D eigenvalue weighted by atomic mass is 32.2. The SMILES string of the molecule is Cc1cc(SCCCC(=O)Nc2ccccc2N)n(C)n1. The summed E-state index contributed by atoms with van der Waals surface area (Å²) < 4.78 is 1.87. The number of aromatic nitrogens is 2. The van der Waals surface area contributed by atoms with E-state index in [4.69, 9.17) is 5.73 Å². The summed E-state index contributed by atoms with van der Waals surface area (Å²) in [4.78, 5) is 11.9. The van der Waals surface area contributed by atoms with Crippen LogP contribution in [0.15, 0.2) is 35.4 Å². The largest absolute Gasteiger partial charge is 0.397 e. The summed E-state index contributed by atoms with van der Waals surface area (Å²) >= 11 is 1.72. The van der Waals surface area contributed by atoms with Crippen molar-refractivity contribution >= 4 is 29.0 Å². The number of anilines is 2. The average molecular weight is 304 g/mol. The number of amides is 1. The first-order valence-electron chi connectivity index (χ1n) is 6.84. The van der Waals surface area contributed by atoms with E-state index >= 15 is 0 Å². The van der Waals surface area contributed by atoms with Gasteiger partial charge in [0.25, 0.3) is 0 Å². The van der Waals surface area contributed by atoms with Gasteiger partial charge in [-0.25, -0.2) is 0 Å². The van der Waals surface area contributed by atoms with Crippen LogP contribution in [-0.2, 0) is 11.8 Å². The van der Waals surface area contributed by atoms with Crippen molar-refractivity contribution in [3.8, 4) is 0 Å². The fourth-order valence-electron chi connectivity index (χ4n) is 1.95. The van der Waals surface area contributed by atoms with Gasteiger partial charge >= 0.3 is 0 Å². The first-order valence-corrected chi connectivity index (χ1v) is 7.82. The van der Waals surface area contributed by atoms with Crippen molar-refractivity contribution in [1.82, 2.24) is 9.78 Å². The summed E-state index contributed by atoms with van der Waals surface area (Å²) in [5, 5.41) is 8.25. The lowest BCUT2D eigenvalue weighted by Crippen LogP contribution is -2.12. The predicted octanol–water partition coefficient (Wildman–Crippen LogP) is 2.82. The third-order valence-corrected chi connectivity index (χ3v) is 4.16. The van der Waals surface area contributed by atoms with E-state index in [2.05, 4.69) is 16.5 Å². The number of aryl methyl sites for hydroxylation is 2. The minimum Gasteiger partial charge on any atom is -0.397 e. The van der Waals surface area contributed by atoms with Crippen molar-refractivity contribution in [2.45, 2.75) is 24.8 Å². The molecular formula is C15H20N4OS. The molecule has 0 bridgehead atoms. The Morgan fingerprint density at radius 2 is 2.19 bits per heavy atom. The lowest BCUT2D eigenvalue weighted by molar-refractivity contribution is -0.116. The number of benzene rings is 1. The van der Waals surface area contributed by atoms with Crippen molar-refractivity contribution < 1.29 is 4.79 Å². The molecule has 0 saturated carbocycles. The zero-order valence-corrected chi connectivity index (χ0v) is 13.1. The van der Waals surface area contributed by atoms with Crippen LogP contribution in [0.3, 0.4) is 0 Å². The number of rotatable bonds is 6. The molecule has 2 rings (SSSR count). The molecule has 1 aromatic carbocycles. The Labute approximate surface area is 128 Å². The molecule has 0 aliphatic carbocycles. The van der Waals surface area contributed by atoms with Crippen LogP contribution in [-0.4, -0.2) is 21.4 Å². The number of hydrogen-bond acceptors (Lipinski definition) is 4. The predicted molar refractivity (Wildman–Crippen MR) is 87.4 cm³/mol. The molecule has 0 saturated heterocycles. The van der Waals surface area contributed by atoms with Gasteiger partial charge in [-0.3, -0.25) is 9.48 Å². The summed E-state index contributed by atoms with van der Waals surface area (Å²) in [6.07, 6.45) is 1.30. The quantitative estimate of drug-likeness (QED) is 0.489. The highest BCUT2D eigenvalue weighted by molar-refractivity contribution is 7.99. The molecule has 0 radical (unpaired) electrons. The molecule has 2 aromatic rings. The maximum atomic E-state index is 11.9. The van der Waals surface area contributed by atoms with E-state index in [1.54, 1.807) is 23.9 Å². The smallest absolute Gasteiger partial charge is 0.224 e. The monoisotopic (exact) mass is 304 g/mol. The Balaban J connectivity index is 1.72. The van der Waals surface area contributed by atoms with Crippen LogP contribution in [0.2, 0.25) is 0 Å². The zero-order chi connectivity index (χ0) is 15.2. The lowest BCUT2D eigenvalue weighted by Gasteiger charge is -2.07. The van der Waals surface area contributed by atoms with Gasteiger partial charge in [0, 0.05) is 13.5 Å². The molecule has 1 aromatic heterocycles. The number of para-hydroxylation sites is 2. The first kappa shape index (κ1) is 15.4. The number of hydrogen-bond donors (Lipinski definition) is 2. The molecule has 21 heavy (non-hydrogen) atoms. The molecule has 112 valence electrons. The zero-order valence-electron chi connectivity index (χ0n) is 12.3. The number of carbonyl (C=O) groups excluding carboxylic acids is 1. The second-order valence-electron chi connectivity index (χ2n) is 4.84. The van der Waals surface area contributed by atoms with Gasteiger partial charge in [0.05, 0.1) is 22.1 Å². The normalized spacial score (nSPS) is 10.6. The molecule has 5 nitrogen and oxygen atoms in total. The van der Waals surface area contributed by atoms with Crippen LogP contribution in [0.5, 0.6) is 0 Å². The highest BCUT2D eigenvalue weighted by Gasteiger charge is 2.06. The topological polar surface area (TPSA) is 72.9 Å². The summed E-state index contributed by atoms with van der Waals surface area (Å²) in [5.41, 5.74) is 8.07. The average Bonchev–Trinajstić information content (AvgIpc) is 2.76. The molecular weight excluding hydrogens is 284 g/mol. The summed E-state index contributed by atoms with van der Waals surface area (Å²) in [5.74, 6) is 0.881. The highest BCUT2D eigenvalue weighted by Crippen LogP contribution is 2.20. The summed E-state index contributed by atoms with van der Waals surface area (Å²) in [6.45, 7) is 1.97. The number of nitrogens with one attached hydrogen (secondary N) is 1. The summed E-state index contributed by atoms with van der Waals surface area (Å²) in [7, 11) is 1.93. The van der Waals surface area contributed by atoms with Crippen LogP contribution < -0.4 is 11.1 Å². The van der Waals surface area contributed by atoms with Gasteiger partial charge in [-0.1, -0.05) is 12.1 Å². The molecule has 6 heteroatoms. The number of nitrogens with two attached hydrogens (primary N) is 1. The molecule has 0 fully saturated rings. The molecule has 0 aliphatic heterocycles. The van der Waals surface area contributed by atoms with Crippen LogP contribution >= 0.6 is 11.8 Å². The Kier molecular flexibility index (Phi) is 5.27. The van der Waals surface area contributed by atoms with E-state index in [9.17, 15) is 4.79 Å². The minimum atomic E-state index is -0.00492. The molecule has 1 amide bonds. The third kappa shape index (κ3) is 4.53. The number of nitrogens with zero attached hydrogens (tertiary/aromatic N) is 2. The molecule has 0 atom stereocenters. The Morgan fingerprint density at radius 1 is 1.43 bits per heavy atom. The van der Waals surface area contributed by atoms with Crippen LogP contribution in [0.25, 0.3) is 0 Å². The van der Waals surface area contributed by atoms with E-state index in [1.807, 2.05) is 30.8 Å². The maximum absolute atomic E-state index is 11.9. The number of carbonyl (C=O) groups is 1. The van der Waals surface area contributed by atoms with Gasteiger partial charge < -0.3 is 11.1 Å². The maximum Gasteiger partial charge on any atom is 0.224 e. The van der Waals surface area contributed by atoms with E-state index in [0.29, 0.717) is 17.8 Å². The number of thioether (sulfide) groups is 1. The fraction of sp³-hybridized carbons (Fsp3) is 0.333. The van der Waals surface area contributed by atoms with Gasteiger partial charge in [0.2, 0.25) is 5.91 Å². The third-order valence-electron chi connectivity index (χ3n) is 2.99. The van der Waals surface area contributed by atoms with Crippen molar-refractivity contribution in [1.29, 1.82) is 0 Å². The lowest BCUT2D eigenvalue weighted by atomic mass is 10.2. The van der Waals surface area contributed by atoms with Gasteiger partial charge in [-0.2, -0.15) is 5.10 Å². The van der Waals surface area contributed by atoms with Gasteiger partial charge in [0.15, 0.2) is 0 Å². The molecule has 3 N–H and O–H groups in total. The molecule has 1 heterocycles. The van der Waals surface area contributed by atoms with Crippen molar-refractivity contribution in [2.75, 3.05) is 16.8 Å². The van der Waals surface area contributed by atoms with Crippen molar-refractivity contribution in [3.63, 3.8) is 0 Å². The van der Waals surface area contributed by atoms with Gasteiger partial charge in [0.1, 0.15) is 0 Å². The second kappa shape index (κ2) is 7.17. The standard InChI is InChI=1S/C15H20N4OS/c1-11-10-15(19(2)18-11)21-9-5-8-14(20)17-13-7-4-3-6-12(13)16/h3-4,6-7,10H,5,8-9,16H2,1-2H3,(H,17,20). The second-order valence-corrected chi connectivity index (χ2v) is 5.95. The van der Waals surface area contributed by atoms with Crippen LogP contribution in [0.1, 0.15) is 18.5 Å². The van der Waals surface area contributed by atoms with Crippen LogP contribution in [0, 0.1) is 6.92 Å². The van der Waals surface area contributed by atoms with E-state index in [1.165, 1.54) is 0 Å². The van der Waals surface area contributed by atoms with E-state index < -0.39 is 0 Å². The van der Waals surface area contributed by atoms with Gasteiger partial charge in [-0.05, 0) is 37.3 Å². The van der Waals surface area contributed by atoms with Gasteiger partial charge in [-0.15, -0.1) is 11.8 Å². The molecule has 0 aliphatic rings. The summed E-state index contributed by atoms with van der Waals surface area (Å²) in [6, 6.07) is 9.33. The molecule has 0 spiro atoms. The Bertz CT molecular complexity index is 624. The minimum absolute atomic E-state index is 0.00492. The van der Waals surface area contributed by atoms with E-state index in [-0.39, 0.29) is 5.91 Å². The Hall–Kier alpha value is -1.95. The van der Waals surface area contributed by atoms with Crippen molar-refractivity contribution in [3.05, 3.63) is 36.0 Å². The molecule has 0 unspecified atom stereocenters. The van der Waals surface area contributed by atoms with E-state index in [0.717, 1.165) is 22.9 Å². The Morgan fingerprint density at radius 3 is 2.86 bits per heavy atom. The van der Waals surface area contributed by atoms with Crippen molar-refractivity contribution in [2.24, 2.45) is 7.05 Å². The fourth-order valence-corrected chi connectivity index (χ4v) is 2.93.